The van der Waals surface area contributed by atoms with Gasteiger partial charge in [0.2, 0.25) is 5.91 Å². The van der Waals surface area contributed by atoms with Crippen molar-refractivity contribution in [3.63, 3.8) is 0 Å². The van der Waals surface area contributed by atoms with E-state index < -0.39 is 0 Å². The van der Waals surface area contributed by atoms with Crippen LogP contribution in [0.2, 0.25) is 0 Å². The van der Waals surface area contributed by atoms with E-state index in [0.717, 1.165) is 39.6 Å². The van der Waals surface area contributed by atoms with Crippen molar-refractivity contribution in [2.24, 2.45) is 0 Å². The molecule has 0 radical (unpaired) electrons. The molecular formula is C27H26N8O. The maximum absolute atomic E-state index is 13.4. The first-order chi connectivity index (χ1) is 17.7. The largest absolute Gasteiger partial charge is 0.351 e. The zero-order valence-electron chi connectivity index (χ0n) is 20.0. The van der Waals surface area contributed by atoms with Crippen LogP contribution in [0.25, 0.3) is 33.8 Å². The Morgan fingerprint density at radius 3 is 2.56 bits per heavy atom. The highest BCUT2D eigenvalue weighted by Crippen LogP contribution is 2.26. The fraction of sp³-hybridized carbons (Fsp3) is 0.222. The third kappa shape index (κ3) is 4.19. The first-order valence-corrected chi connectivity index (χ1v) is 12.0. The average Bonchev–Trinajstić information content (AvgIpc) is 3.57. The number of amides is 1. The average molecular weight is 479 g/mol. The summed E-state index contributed by atoms with van der Waals surface area (Å²) in [6.45, 7) is 4.92. The Labute approximate surface area is 208 Å². The van der Waals surface area contributed by atoms with Crippen LogP contribution in [0.1, 0.15) is 5.56 Å². The van der Waals surface area contributed by atoms with Gasteiger partial charge in [-0.2, -0.15) is 0 Å². The van der Waals surface area contributed by atoms with Gasteiger partial charge in [-0.25, -0.2) is 19.9 Å². The molecule has 9 heteroatoms. The molecule has 1 amide bonds. The minimum absolute atomic E-state index is 0.0765. The van der Waals surface area contributed by atoms with Crippen molar-refractivity contribution in [2.75, 3.05) is 31.1 Å². The highest BCUT2D eigenvalue weighted by molar-refractivity contribution is 5.83. The maximum Gasteiger partial charge on any atom is 0.242 e. The summed E-state index contributed by atoms with van der Waals surface area (Å²) in [6, 6.07) is 18.3. The Bertz CT molecular complexity index is 1520. The molecule has 1 N–H and O–H groups in total. The van der Waals surface area contributed by atoms with Crippen LogP contribution >= 0.6 is 0 Å². The van der Waals surface area contributed by atoms with Gasteiger partial charge in [-0.15, -0.1) is 0 Å². The van der Waals surface area contributed by atoms with E-state index >= 15 is 0 Å². The highest BCUT2D eigenvalue weighted by atomic mass is 16.2. The molecule has 180 valence electrons. The Kier molecular flexibility index (Phi) is 5.65. The minimum atomic E-state index is 0.0765. The van der Waals surface area contributed by atoms with E-state index in [0.29, 0.717) is 26.2 Å². The Morgan fingerprint density at radius 1 is 0.944 bits per heavy atom. The number of carbonyl (C=O) groups excluding carboxylic acids is 1. The number of nitrogens with one attached hydrogen (secondary N) is 1. The number of imidazole rings is 2. The molecule has 3 aromatic heterocycles. The van der Waals surface area contributed by atoms with Gasteiger partial charge in [-0.1, -0.05) is 54.1 Å². The van der Waals surface area contributed by atoms with Gasteiger partial charge in [0, 0.05) is 43.5 Å². The number of fused-ring (bicyclic) bond motifs is 1. The van der Waals surface area contributed by atoms with E-state index in [1.54, 1.807) is 12.7 Å². The molecule has 0 aliphatic carbocycles. The van der Waals surface area contributed by atoms with Gasteiger partial charge in [-0.05, 0) is 13.0 Å². The van der Waals surface area contributed by atoms with Crippen molar-refractivity contribution in [1.82, 2.24) is 34.4 Å². The standard InChI is InChI=1S/C27H26N8O/c1-19-6-5-9-21(14-19)22-15-35(26(32-22)20-7-3-2-4-8-20)16-23(36)33-10-12-34(13-11-33)27-24-25(29-17-28-24)30-18-31-27/h2-9,14-15,17-18H,10-13,16H2,1H3,(H,28,29,30,31). The number of carbonyl (C=O) groups is 1. The third-order valence-corrected chi connectivity index (χ3v) is 6.56. The molecule has 0 atom stereocenters. The predicted octanol–water partition coefficient (Wildman–Crippen LogP) is 3.54. The quantitative estimate of drug-likeness (QED) is 0.415. The number of benzene rings is 2. The molecule has 1 aliphatic rings. The normalized spacial score (nSPS) is 13.9. The molecule has 36 heavy (non-hydrogen) atoms. The summed E-state index contributed by atoms with van der Waals surface area (Å²) in [5.41, 5.74) is 5.54. The van der Waals surface area contributed by atoms with Gasteiger partial charge < -0.3 is 19.4 Å². The van der Waals surface area contributed by atoms with Crippen LogP contribution in [0, 0.1) is 6.92 Å². The number of hydrogen-bond acceptors (Lipinski definition) is 6. The van der Waals surface area contributed by atoms with Crippen LogP contribution in [0.5, 0.6) is 0 Å². The zero-order chi connectivity index (χ0) is 24.5. The molecule has 4 heterocycles. The molecule has 9 nitrogen and oxygen atoms in total. The molecule has 0 bridgehead atoms. The second-order valence-corrected chi connectivity index (χ2v) is 8.98. The number of hydrogen-bond donors (Lipinski definition) is 1. The van der Waals surface area contributed by atoms with E-state index in [1.807, 2.05) is 52.1 Å². The third-order valence-electron chi connectivity index (χ3n) is 6.56. The highest BCUT2D eigenvalue weighted by Gasteiger charge is 2.25. The topological polar surface area (TPSA) is 95.8 Å². The predicted molar refractivity (Wildman–Crippen MR) is 138 cm³/mol. The molecule has 1 saturated heterocycles. The van der Waals surface area contributed by atoms with Crippen LogP contribution in [0.3, 0.4) is 0 Å². The van der Waals surface area contributed by atoms with Gasteiger partial charge >= 0.3 is 0 Å². The van der Waals surface area contributed by atoms with Gasteiger partial charge in [0.15, 0.2) is 11.5 Å². The number of aromatic nitrogens is 6. The number of nitrogens with zero attached hydrogens (tertiary/aromatic N) is 7. The number of piperazine rings is 1. The second kappa shape index (κ2) is 9.26. The van der Waals surface area contributed by atoms with Crippen LogP contribution in [0.15, 0.2) is 73.4 Å². The molecule has 1 aliphatic heterocycles. The molecule has 6 rings (SSSR count). The van der Waals surface area contributed by atoms with Gasteiger partial charge in [0.1, 0.15) is 24.2 Å². The SMILES string of the molecule is Cc1cccc(-c2cn(CC(=O)N3CCN(c4ncnc5[nH]cnc45)CC3)c(-c3ccccc3)n2)c1. The fourth-order valence-electron chi connectivity index (χ4n) is 4.69. The zero-order valence-corrected chi connectivity index (χ0v) is 20.0. The van der Waals surface area contributed by atoms with Crippen molar-refractivity contribution in [1.29, 1.82) is 0 Å². The van der Waals surface area contributed by atoms with E-state index in [2.05, 4.69) is 50.0 Å². The smallest absolute Gasteiger partial charge is 0.242 e. The lowest BCUT2D eigenvalue weighted by atomic mass is 10.1. The molecule has 0 spiro atoms. The van der Waals surface area contributed by atoms with Gasteiger partial charge in [0.25, 0.3) is 0 Å². The number of H-pyrrole nitrogens is 1. The van der Waals surface area contributed by atoms with Crippen molar-refractivity contribution in [3.05, 3.63) is 79.0 Å². The Morgan fingerprint density at radius 2 is 1.75 bits per heavy atom. The van der Waals surface area contributed by atoms with Crippen LogP contribution in [-0.2, 0) is 11.3 Å². The van der Waals surface area contributed by atoms with Gasteiger partial charge in [-0.3, -0.25) is 4.79 Å². The van der Waals surface area contributed by atoms with E-state index in [4.69, 9.17) is 4.98 Å². The summed E-state index contributed by atoms with van der Waals surface area (Å²) in [4.78, 5) is 38.4. The number of anilines is 1. The molecule has 1 fully saturated rings. The summed E-state index contributed by atoms with van der Waals surface area (Å²) in [6.07, 6.45) is 5.16. The molecule has 0 saturated carbocycles. The van der Waals surface area contributed by atoms with Crippen LogP contribution < -0.4 is 4.90 Å². The first-order valence-electron chi connectivity index (χ1n) is 12.0. The molecule has 5 aromatic rings. The second-order valence-electron chi connectivity index (χ2n) is 8.98. The lowest BCUT2D eigenvalue weighted by Crippen LogP contribution is -2.50. The van der Waals surface area contributed by atoms with Gasteiger partial charge in [0.05, 0.1) is 12.0 Å². The number of aromatic amines is 1. The monoisotopic (exact) mass is 478 g/mol. The van der Waals surface area contributed by atoms with Crippen molar-refractivity contribution in [2.45, 2.75) is 13.5 Å². The minimum Gasteiger partial charge on any atom is -0.351 e. The summed E-state index contributed by atoms with van der Waals surface area (Å²) in [5, 5.41) is 0. The molecular weight excluding hydrogens is 452 g/mol. The summed E-state index contributed by atoms with van der Waals surface area (Å²) in [5.74, 6) is 1.67. The van der Waals surface area contributed by atoms with Crippen LogP contribution in [0.4, 0.5) is 5.82 Å². The lowest BCUT2D eigenvalue weighted by Gasteiger charge is -2.35. The number of rotatable bonds is 5. The molecule has 2 aromatic carbocycles. The maximum atomic E-state index is 13.4. The van der Waals surface area contributed by atoms with Crippen molar-refractivity contribution >= 4 is 22.9 Å². The fourth-order valence-corrected chi connectivity index (χ4v) is 4.69. The van der Waals surface area contributed by atoms with Crippen LogP contribution in [-0.4, -0.2) is 66.5 Å². The van der Waals surface area contributed by atoms with Crippen molar-refractivity contribution in [3.8, 4) is 22.6 Å². The Hall–Kier alpha value is -4.53. The van der Waals surface area contributed by atoms with E-state index in [1.165, 1.54) is 5.56 Å². The number of aryl methyl sites for hydroxylation is 1. The van der Waals surface area contributed by atoms with E-state index in [-0.39, 0.29) is 12.5 Å². The first kappa shape index (κ1) is 22.0. The van der Waals surface area contributed by atoms with E-state index in [9.17, 15) is 4.79 Å². The Balaban J connectivity index is 1.21. The summed E-state index contributed by atoms with van der Waals surface area (Å²) in [7, 11) is 0. The summed E-state index contributed by atoms with van der Waals surface area (Å²) < 4.78 is 1.97. The molecule has 0 unspecified atom stereocenters. The van der Waals surface area contributed by atoms with Crippen molar-refractivity contribution < 1.29 is 4.79 Å². The lowest BCUT2D eigenvalue weighted by molar-refractivity contribution is -0.132. The summed E-state index contributed by atoms with van der Waals surface area (Å²) >= 11 is 0.